The average Bonchev–Trinajstić information content (AvgIpc) is 3.51. The Labute approximate surface area is 212 Å². The van der Waals surface area contributed by atoms with Gasteiger partial charge in [0.2, 0.25) is 0 Å². The van der Waals surface area contributed by atoms with Crippen LogP contribution in [0.5, 0.6) is 0 Å². The van der Waals surface area contributed by atoms with Gasteiger partial charge in [-0.25, -0.2) is 9.78 Å². The minimum atomic E-state index is -0.753. The van der Waals surface area contributed by atoms with Crippen LogP contribution in [0.1, 0.15) is 24.1 Å². The first-order valence-corrected chi connectivity index (χ1v) is 12.0. The van der Waals surface area contributed by atoms with Crippen molar-refractivity contribution in [2.24, 2.45) is 0 Å². The van der Waals surface area contributed by atoms with Crippen molar-refractivity contribution in [1.29, 1.82) is 0 Å². The maximum absolute atomic E-state index is 11.9. The van der Waals surface area contributed by atoms with Crippen molar-refractivity contribution in [2.45, 2.75) is 25.2 Å². The predicted molar refractivity (Wildman–Crippen MR) is 137 cm³/mol. The van der Waals surface area contributed by atoms with Crippen LogP contribution in [0.2, 0.25) is 0 Å². The number of aryl methyl sites for hydroxylation is 1. The van der Waals surface area contributed by atoms with Crippen LogP contribution in [-0.4, -0.2) is 40.5 Å². The highest BCUT2D eigenvalue weighted by atomic mass is 16.6. The van der Waals surface area contributed by atoms with Crippen LogP contribution in [0.3, 0.4) is 0 Å². The smallest absolute Gasteiger partial charge is 0.415 e. The molecule has 0 spiro atoms. The molecule has 2 fully saturated rings. The van der Waals surface area contributed by atoms with Gasteiger partial charge in [-0.05, 0) is 48.6 Å². The van der Waals surface area contributed by atoms with Gasteiger partial charge in [0.05, 0.1) is 12.0 Å². The molecule has 1 amide bonds. The molecule has 186 valence electrons. The number of anilines is 3. The van der Waals surface area contributed by atoms with E-state index in [0.717, 1.165) is 22.3 Å². The molecule has 9 nitrogen and oxygen atoms in total. The second kappa shape index (κ2) is 8.77. The predicted octanol–water partition coefficient (Wildman–Crippen LogP) is 5.53. The van der Waals surface area contributed by atoms with Crippen molar-refractivity contribution in [3.05, 3.63) is 78.0 Å². The van der Waals surface area contributed by atoms with E-state index < -0.39 is 17.5 Å². The van der Waals surface area contributed by atoms with Crippen molar-refractivity contribution < 1.29 is 24.0 Å². The average molecular weight is 497 g/mol. The van der Waals surface area contributed by atoms with Crippen LogP contribution >= 0.6 is 0 Å². The summed E-state index contributed by atoms with van der Waals surface area (Å²) in [5.74, 6) is 0.881. The molecule has 9 heteroatoms. The summed E-state index contributed by atoms with van der Waals surface area (Å²) >= 11 is 0. The minimum Gasteiger partial charge on any atom is -0.481 e. The van der Waals surface area contributed by atoms with Crippen molar-refractivity contribution in [1.82, 2.24) is 10.1 Å². The molecule has 2 aromatic heterocycles. The van der Waals surface area contributed by atoms with Crippen LogP contribution in [0.15, 0.2) is 71.3 Å². The summed E-state index contributed by atoms with van der Waals surface area (Å²) in [5.41, 5.74) is 4.36. The number of hydrogen-bond acceptors (Lipinski definition) is 7. The number of nitrogens with one attached hydrogen (secondary N) is 1. The fraction of sp³-hybridized carbons (Fsp3) is 0.214. The summed E-state index contributed by atoms with van der Waals surface area (Å²) in [4.78, 5) is 29.6. The van der Waals surface area contributed by atoms with E-state index in [1.54, 1.807) is 6.07 Å². The number of benzene rings is 2. The zero-order valence-electron chi connectivity index (χ0n) is 20.1. The topological polar surface area (TPSA) is 118 Å². The Kier molecular flexibility index (Phi) is 5.40. The number of aliphatic carboxylic acids is 1. The Morgan fingerprint density at radius 2 is 1.68 bits per heavy atom. The summed E-state index contributed by atoms with van der Waals surface area (Å²) in [7, 11) is 0. The number of aromatic nitrogens is 2. The molecule has 2 aromatic carbocycles. The molecular formula is C28H24N4O5. The molecule has 1 aliphatic heterocycles. The number of rotatable bonds is 7. The molecule has 2 aliphatic rings. The van der Waals surface area contributed by atoms with E-state index in [1.807, 2.05) is 67.6 Å². The zero-order chi connectivity index (χ0) is 25.6. The fourth-order valence-electron chi connectivity index (χ4n) is 4.63. The number of cyclic esters (lactones) is 1. The van der Waals surface area contributed by atoms with Gasteiger partial charge in [0.25, 0.3) is 0 Å². The van der Waals surface area contributed by atoms with Crippen LogP contribution in [0.25, 0.3) is 22.5 Å². The summed E-state index contributed by atoms with van der Waals surface area (Å²) in [5, 5.41) is 17.0. The number of hydrogen-bond donors (Lipinski definition) is 2. The molecular weight excluding hydrogens is 472 g/mol. The van der Waals surface area contributed by atoms with Gasteiger partial charge in [0.1, 0.15) is 29.6 Å². The highest BCUT2D eigenvalue weighted by Crippen LogP contribution is 2.48. The molecule has 3 heterocycles. The number of amides is 1. The van der Waals surface area contributed by atoms with Crippen molar-refractivity contribution >= 4 is 29.4 Å². The molecule has 6 rings (SSSR count). The lowest BCUT2D eigenvalue weighted by atomic mass is 9.93. The molecule has 37 heavy (non-hydrogen) atoms. The molecule has 0 bridgehead atoms. The van der Waals surface area contributed by atoms with Gasteiger partial charge in [0, 0.05) is 5.56 Å². The number of ether oxygens (including phenoxy) is 1. The van der Waals surface area contributed by atoms with E-state index in [0.29, 0.717) is 54.8 Å². The molecule has 0 unspecified atom stereocenters. The maximum Gasteiger partial charge on any atom is 0.415 e. The van der Waals surface area contributed by atoms with E-state index in [4.69, 9.17) is 9.26 Å². The second-order valence-corrected chi connectivity index (χ2v) is 9.29. The summed E-state index contributed by atoms with van der Waals surface area (Å²) in [6.45, 7) is 2.65. The lowest BCUT2D eigenvalue weighted by molar-refractivity contribution is -0.140. The Hall–Kier alpha value is -4.66. The molecule has 1 saturated heterocycles. The van der Waals surface area contributed by atoms with Gasteiger partial charge in [-0.1, -0.05) is 59.8 Å². The highest BCUT2D eigenvalue weighted by molar-refractivity contribution is 5.88. The number of pyridine rings is 1. The van der Waals surface area contributed by atoms with Gasteiger partial charge in [-0.3, -0.25) is 9.69 Å². The lowest BCUT2D eigenvalue weighted by Crippen LogP contribution is -2.24. The number of carboxylic acids is 1. The summed E-state index contributed by atoms with van der Waals surface area (Å²) < 4.78 is 10.7. The van der Waals surface area contributed by atoms with Crippen molar-refractivity contribution in [3.63, 3.8) is 0 Å². The Bertz CT molecular complexity index is 1490. The molecule has 2 N–H and O–H groups in total. The van der Waals surface area contributed by atoms with Crippen LogP contribution in [0.4, 0.5) is 22.1 Å². The van der Waals surface area contributed by atoms with Gasteiger partial charge >= 0.3 is 12.1 Å². The third kappa shape index (κ3) is 4.08. The number of carbonyl (C=O) groups excluding carboxylic acids is 1. The molecule has 4 aromatic rings. The van der Waals surface area contributed by atoms with E-state index in [2.05, 4.69) is 15.5 Å². The van der Waals surface area contributed by atoms with Crippen molar-refractivity contribution in [2.75, 3.05) is 23.4 Å². The molecule has 1 saturated carbocycles. The summed E-state index contributed by atoms with van der Waals surface area (Å²) in [6.07, 6.45) is 0.970. The lowest BCUT2D eigenvalue weighted by Gasteiger charge is -2.13. The Morgan fingerprint density at radius 3 is 2.30 bits per heavy atom. The number of nitrogens with zero attached hydrogens (tertiary/aromatic N) is 3. The van der Waals surface area contributed by atoms with Crippen LogP contribution in [-0.2, 0) is 14.9 Å². The first-order chi connectivity index (χ1) is 17.9. The maximum atomic E-state index is 11.9. The standard InChI is InChI=1S/C28H24N4O5/c1-17-24(30-22-3-2-4-23(29-22)32-15-16-36-27(32)35)25(37-31-17)20-7-5-18(6-8-20)19-9-11-21(12-10-19)28(13-14-28)26(33)34/h2-12H,13-16H2,1H3,(H,29,30)(H,33,34). The van der Waals surface area contributed by atoms with Gasteiger partial charge in [-0.15, -0.1) is 0 Å². The van der Waals surface area contributed by atoms with E-state index >= 15 is 0 Å². The van der Waals surface area contributed by atoms with E-state index in [-0.39, 0.29) is 0 Å². The molecule has 1 aliphatic carbocycles. The number of carbonyl (C=O) groups is 2. The first kappa shape index (κ1) is 22.8. The monoisotopic (exact) mass is 496 g/mol. The van der Waals surface area contributed by atoms with Crippen molar-refractivity contribution in [3.8, 4) is 22.5 Å². The normalized spacial score (nSPS) is 15.9. The number of carboxylic acid groups (broad SMARTS) is 1. The SMILES string of the molecule is Cc1noc(-c2ccc(-c3ccc(C4(C(=O)O)CC4)cc3)cc2)c1Nc1cccc(N2CCOC2=O)n1. The largest absolute Gasteiger partial charge is 0.481 e. The highest BCUT2D eigenvalue weighted by Gasteiger charge is 2.51. The van der Waals surface area contributed by atoms with Gasteiger partial charge in [-0.2, -0.15) is 0 Å². The fourth-order valence-corrected chi connectivity index (χ4v) is 4.63. The Balaban J connectivity index is 1.23. The quantitative estimate of drug-likeness (QED) is 0.343. The van der Waals surface area contributed by atoms with Gasteiger partial charge in [0.15, 0.2) is 5.76 Å². The van der Waals surface area contributed by atoms with Crippen LogP contribution in [0, 0.1) is 6.92 Å². The third-order valence-electron chi connectivity index (χ3n) is 6.96. The minimum absolute atomic E-state index is 0.344. The zero-order valence-corrected chi connectivity index (χ0v) is 20.1. The first-order valence-electron chi connectivity index (χ1n) is 12.0. The molecule has 0 radical (unpaired) electrons. The van der Waals surface area contributed by atoms with Gasteiger partial charge < -0.3 is 19.7 Å². The van der Waals surface area contributed by atoms with E-state index in [1.165, 1.54) is 4.90 Å². The second-order valence-electron chi connectivity index (χ2n) is 9.29. The van der Waals surface area contributed by atoms with E-state index in [9.17, 15) is 14.7 Å². The van der Waals surface area contributed by atoms with Crippen LogP contribution < -0.4 is 10.2 Å². The molecule has 0 atom stereocenters. The Morgan fingerprint density at radius 1 is 1.00 bits per heavy atom. The third-order valence-corrected chi connectivity index (χ3v) is 6.96. The summed E-state index contributed by atoms with van der Waals surface area (Å²) in [6, 6.07) is 21.0.